The lowest BCUT2D eigenvalue weighted by Crippen LogP contribution is -2.05. The minimum absolute atomic E-state index is 0.291. The lowest BCUT2D eigenvalue weighted by Gasteiger charge is -2.01. The maximum Gasteiger partial charge on any atom is 0.127 e. The Bertz CT molecular complexity index is 404. The van der Waals surface area contributed by atoms with E-state index in [2.05, 4.69) is 17.2 Å². The van der Waals surface area contributed by atoms with Crippen molar-refractivity contribution in [3.05, 3.63) is 34.1 Å². The monoisotopic (exact) mass is 225 g/mol. The molecule has 1 N–H and O–H groups in total. The van der Waals surface area contributed by atoms with Gasteiger partial charge in [-0.1, -0.05) is 23.4 Å². The summed E-state index contributed by atoms with van der Waals surface area (Å²) in [5.41, 5.74) is 1.14. The van der Waals surface area contributed by atoms with Crippen molar-refractivity contribution in [1.82, 2.24) is 5.32 Å². The van der Waals surface area contributed by atoms with Gasteiger partial charge in [0.15, 0.2) is 0 Å². The Morgan fingerprint density at radius 3 is 2.87 bits per heavy atom. The molecule has 1 nitrogen and oxygen atoms in total. The number of halogens is 2. The molecule has 1 aromatic carbocycles. The molecule has 0 radical (unpaired) electrons. The summed E-state index contributed by atoms with van der Waals surface area (Å²) in [6, 6.07) is 3.00. The summed E-state index contributed by atoms with van der Waals surface area (Å²) in [7, 11) is 1.87. The van der Waals surface area contributed by atoms with Crippen LogP contribution >= 0.6 is 11.6 Å². The van der Waals surface area contributed by atoms with Crippen LogP contribution in [0.25, 0.3) is 0 Å². The highest BCUT2D eigenvalue weighted by atomic mass is 35.5. The summed E-state index contributed by atoms with van der Waals surface area (Å²) in [6.45, 7) is 2.49. The maximum absolute atomic E-state index is 13.1. The van der Waals surface area contributed by atoms with Gasteiger partial charge < -0.3 is 5.32 Å². The van der Waals surface area contributed by atoms with E-state index >= 15 is 0 Å². The first kappa shape index (κ1) is 12.0. The normalized spacial score (nSPS) is 9.60. The predicted octanol–water partition coefficient (Wildman–Crippen LogP) is 2.75. The second-order valence-electron chi connectivity index (χ2n) is 3.19. The largest absolute Gasteiger partial charge is 0.319 e. The van der Waals surface area contributed by atoms with Crippen LogP contribution in [-0.4, -0.2) is 13.6 Å². The average molecular weight is 226 g/mol. The van der Waals surface area contributed by atoms with E-state index in [1.807, 2.05) is 7.05 Å². The van der Waals surface area contributed by atoms with Crippen LogP contribution in [0.5, 0.6) is 0 Å². The quantitative estimate of drug-likeness (QED) is 0.603. The van der Waals surface area contributed by atoms with Crippen molar-refractivity contribution in [2.24, 2.45) is 0 Å². The molecule has 15 heavy (non-hydrogen) atoms. The Labute approximate surface area is 94.6 Å². The Morgan fingerprint density at radius 1 is 1.47 bits per heavy atom. The van der Waals surface area contributed by atoms with Gasteiger partial charge in [-0.3, -0.25) is 0 Å². The Morgan fingerprint density at radius 2 is 2.20 bits per heavy atom. The molecule has 0 aliphatic rings. The molecule has 0 fully saturated rings. The fraction of sp³-hybridized carbons (Fsp3) is 0.333. The zero-order valence-corrected chi connectivity index (χ0v) is 9.58. The number of hydrogen-bond donors (Lipinski definition) is 1. The Balaban J connectivity index is 2.85. The molecule has 0 unspecified atom stereocenters. The van der Waals surface area contributed by atoms with E-state index in [4.69, 9.17) is 11.6 Å². The van der Waals surface area contributed by atoms with E-state index in [1.54, 1.807) is 13.0 Å². The molecule has 0 aliphatic carbocycles. The molecule has 3 heteroatoms. The van der Waals surface area contributed by atoms with E-state index in [0.717, 1.165) is 13.0 Å². The lowest BCUT2D eigenvalue weighted by atomic mass is 10.1. The molecule has 0 amide bonds. The molecular formula is C12H13ClFN. The highest BCUT2D eigenvalue weighted by molar-refractivity contribution is 6.32. The molecule has 0 aromatic heterocycles. The van der Waals surface area contributed by atoms with Crippen molar-refractivity contribution < 1.29 is 4.39 Å². The van der Waals surface area contributed by atoms with Crippen molar-refractivity contribution >= 4 is 11.6 Å². The van der Waals surface area contributed by atoms with Gasteiger partial charge in [0.05, 0.1) is 5.02 Å². The molecule has 0 saturated heterocycles. The number of nitrogens with one attached hydrogen (secondary N) is 1. The molecular weight excluding hydrogens is 213 g/mol. The van der Waals surface area contributed by atoms with Crippen LogP contribution in [0.1, 0.15) is 17.5 Å². The van der Waals surface area contributed by atoms with Crippen molar-refractivity contribution in [3.63, 3.8) is 0 Å². The van der Waals surface area contributed by atoms with Crippen molar-refractivity contribution in [3.8, 4) is 11.8 Å². The fourth-order valence-electron chi connectivity index (χ4n) is 1.10. The number of hydrogen-bond acceptors (Lipinski definition) is 1. The number of rotatable bonds is 2. The van der Waals surface area contributed by atoms with Gasteiger partial charge in [-0.05, 0) is 26.1 Å². The molecule has 0 spiro atoms. The summed E-state index contributed by atoms with van der Waals surface area (Å²) >= 11 is 5.95. The van der Waals surface area contributed by atoms with Crippen LogP contribution in [0.3, 0.4) is 0 Å². The van der Waals surface area contributed by atoms with E-state index in [9.17, 15) is 4.39 Å². The Hall–Kier alpha value is -1.04. The maximum atomic E-state index is 13.1. The van der Waals surface area contributed by atoms with E-state index in [1.165, 1.54) is 6.07 Å². The van der Waals surface area contributed by atoms with E-state index < -0.39 is 0 Å². The first-order valence-corrected chi connectivity index (χ1v) is 5.12. The van der Waals surface area contributed by atoms with Gasteiger partial charge in [0.25, 0.3) is 0 Å². The second-order valence-corrected chi connectivity index (χ2v) is 3.57. The molecule has 0 aliphatic heterocycles. The van der Waals surface area contributed by atoms with E-state index in [0.29, 0.717) is 16.1 Å². The van der Waals surface area contributed by atoms with E-state index in [-0.39, 0.29) is 5.82 Å². The molecule has 0 bridgehead atoms. The molecule has 80 valence electrons. The highest BCUT2D eigenvalue weighted by Gasteiger charge is 2.05. The molecule has 1 aromatic rings. The molecule has 0 heterocycles. The van der Waals surface area contributed by atoms with Gasteiger partial charge in [-0.15, -0.1) is 0 Å². The SMILES string of the molecule is CNCCC#Cc1ccc(F)c(C)c1Cl. The number of benzene rings is 1. The second kappa shape index (κ2) is 5.75. The van der Waals surface area contributed by atoms with Crippen LogP contribution in [0, 0.1) is 24.6 Å². The fourth-order valence-corrected chi connectivity index (χ4v) is 1.30. The third kappa shape index (κ3) is 3.23. The zero-order valence-electron chi connectivity index (χ0n) is 8.82. The predicted molar refractivity (Wildman–Crippen MR) is 61.6 cm³/mol. The standard InChI is InChI=1S/C12H13ClFN/c1-9-11(14)7-6-10(12(9)13)5-3-4-8-15-2/h6-7,15H,4,8H2,1-2H3. The van der Waals surface area contributed by atoms with Gasteiger partial charge in [0.1, 0.15) is 5.82 Å². The van der Waals surface area contributed by atoms with Gasteiger partial charge >= 0.3 is 0 Å². The summed E-state index contributed by atoms with van der Waals surface area (Å²) in [5, 5.41) is 3.40. The summed E-state index contributed by atoms with van der Waals surface area (Å²) in [5.74, 6) is 5.61. The third-order valence-electron chi connectivity index (χ3n) is 2.04. The lowest BCUT2D eigenvalue weighted by molar-refractivity contribution is 0.618. The molecule has 1 rings (SSSR count). The Kier molecular flexibility index (Phi) is 4.61. The van der Waals surface area contributed by atoms with Crippen molar-refractivity contribution in [2.75, 3.05) is 13.6 Å². The van der Waals surface area contributed by atoms with Crippen LogP contribution < -0.4 is 5.32 Å². The first-order chi connectivity index (χ1) is 7.16. The first-order valence-electron chi connectivity index (χ1n) is 4.75. The van der Waals surface area contributed by atoms with Gasteiger partial charge in [-0.25, -0.2) is 4.39 Å². The average Bonchev–Trinajstić information content (AvgIpc) is 2.24. The molecule has 0 atom stereocenters. The topological polar surface area (TPSA) is 12.0 Å². The zero-order chi connectivity index (χ0) is 11.3. The summed E-state index contributed by atoms with van der Waals surface area (Å²) in [6.07, 6.45) is 0.753. The van der Waals surface area contributed by atoms with Crippen LogP contribution in [0.4, 0.5) is 4.39 Å². The highest BCUT2D eigenvalue weighted by Crippen LogP contribution is 2.22. The summed E-state index contributed by atoms with van der Waals surface area (Å²) < 4.78 is 13.1. The van der Waals surface area contributed by atoms with Crippen LogP contribution in [-0.2, 0) is 0 Å². The van der Waals surface area contributed by atoms with Crippen LogP contribution in [0.2, 0.25) is 5.02 Å². The van der Waals surface area contributed by atoms with Crippen LogP contribution in [0.15, 0.2) is 12.1 Å². The summed E-state index contributed by atoms with van der Waals surface area (Å²) in [4.78, 5) is 0. The van der Waals surface area contributed by atoms with Crippen molar-refractivity contribution in [2.45, 2.75) is 13.3 Å². The van der Waals surface area contributed by atoms with Crippen molar-refractivity contribution in [1.29, 1.82) is 0 Å². The van der Waals surface area contributed by atoms with Gasteiger partial charge in [0.2, 0.25) is 0 Å². The molecule has 0 saturated carbocycles. The minimum atomic E-state index is -0.291. The smallest absolute Gasteiger partial charge is 0.127 e. The van der Waals surface area contributed by atoms with Gasteiger partial charge in [0, 0.05) is 24.1 Å². The van der Waals surface area contributed by atoms with Gasteiger partial charge in [-0.2, -0.15) is 0 Å². The third-order valence-corrected chi connectivity index (χ3v) is 2.53. The minimum Gasteiger partial charge on any atom is -0.319 e.